The molecule has 0 aliphatic rings. The summed E-state index contributed by atoms with van der Waals surface area (Å²) in [7, 11) is 0. The highest BCUT2D eigenvalue weighted by atomic mass is 16.6. The van der Waals surface area contributed by atoms with Crippen LogP contribution in [-0.2, 0) is 4.79 Å². The predicted molar refractivity (Wildman–Crippen MR) is 65.6 cm³/mol. The Labute approximate surface area is 109 Å². The van der Waals surface area contributed by atoms with E-state index in [1.54, 1.807) is 13.8 Å². The third-order valence-corrected chi connectivity index (χ3v) is 2.04. The lowest BCUT2D eigenvalue weighted by Crippen LogP contribution is -2.12. The van der Waals surface area contributed by atoms with Crippen LogP contribution in [0.1, 0.15) is 31.1 Å². The molecule has 7 nitrogen and oxygen atoms in total. The summed E-state index contributed by atoms with van der Waals surface area (Å²) in [5.74, 6) is -1.15. The van der Waals surface area contributed by atoms with Gasteiger partial charge in [0.25, 0.3) is 0 Å². The SMILES string of the molecule is CC(=O)Oc1c(C=O)ccc([N+](=O)[O-])c1OC(C)C. The molecule has 0 unspecified atom stereocenters. The second kappa shape index (κ2) is 5.94. The van der Waals surface area contributed by atoms with E-state index in [9.17, 15) is 19.7 Å². The maximum absolute atomic E-state index is 11.0. The van der Waals surface area contributed by atoms with Gasteiger partial charge < -0.3 is 9.47 Å². The smallest absolute Gasteiger partial charge is 0.314 e. The third-order valence-electron chi connectivity index (χ3n) is 2.04. The highest BCUT2D eigenvalue weighted by Gasteiger charge is 2.25. The topological polar surface area (TPSA) is 95.7 Å². The number of nitrogens with zero attached hydrogens (tertiary/aromatic N) is 1. The number of hydrogen-bond acceptors (Lipinski definition) is 6. The molecule has 1 rings (SSSR count). The van der Waals surface area contributed by atoms with Gasteiger partial charge in [0.1, 0.15) is 0 Å². The van der Waals surface area contributed by atoms with E-state index >= 15 is 0 Å². The summed E-state index contributed by atoms with van der Waals surface area (Å²) in [5, 5.41) is 10.9. The molecule has 0 saturated heterocycles. The zero-order chi connectivity index (χ0) is 14.6. The Hall–Kier alpha value is -2.44. The second-order valence-electron chi connectivity index (χ2n) is 3.97. The first kappa shape index (κ1) is 14.6. The Kier molecular flexibility index (Phi) is 4.57. The van der Waals surface area contributed by atoms with Crippen LogP contribution < -0.4 is 9.47 Å². The van der Waals surface area contributed by atoms with Crippen LogP contribution in [0.3, 0.4) is 0 Å². The molecule has 0 saturated carbocycles. The quantitative estimate of drug-likeness (QED) is 0.266. The van der Waals surface area contributed by atoms with Gasteiger partial charge in [0.05, 0.1) is 16.6 Å². The number of benzene rings is 1. The molecule has 0 amide bonds. The number of nitro benzene ring substituents is 1. The minimum atomic E-state index is -0.697. The second-order valence-corrected chi connectivity index (χ2v) is 3.97. The van der Waals surface area contributed by atoms with Crippen molar-refractivity contribution >= 4 is 17.9 Å². The largest absolute Gasteiger partial charge is 0.481 e. The van der Waals surface area contributed by atoms with Crippen molar-refractivity contribution in [2.24, 2.45) is 0 Å². The van der Waals surface area contributed by atoms with Crippen molar-refractivity contribution in [3.05, 3.63) is 27.8 Å². The van der Waals surface area contributed by atoms with Crippen LogP contribution in [0.15, 0.2) is 12.1 Å². The molecule has 7 heteroatoms. The van der Waals surface area contributed by atoms with E-state index in [0.717, 1.165) is 13.0 Å². The number of ether oxygens (including phenoxy) is 2. The maximum Gasteiger partial charge on any atom is 0.314 e. The highest BCUT2D eigenvalue weighted by molar-refractivity contribution is 5.85. The van der Waals surface area contributed by atoms with Crippen molar-refractivity contribution in [1.82, 2.24) is 0 Å². The summed E-state index contributed by atoms with van der Waals surface area (Å²) in [5.41, 5.74) is -0.355. The van der Waals surface area contributed by atoms with Gasteiger partial charge in [0.2, 0.25) is 5.75 Å². The fourth-order valence-electron chi connectivity index (χ4n) is 1.40. The Morgan fingerprint density at radius 1 is 1.37 bits per heavy atom. The van der Waals surface area contributed by atoms with Crippen molar-refractivity contribution in [3.8, 4) is 11.5 Å². The third kappa shape index (κ3) is 3.51. The number of aldehydes is 1. The molecule has 0 bridgehead atoms. The van der Waals surface area contributed by atoms with Gasteiger partial charge in [0, 0.05) is 13.0 Å². The van der Waals surface area contributed by atoms with Crippen LogP contribution in [0, 0.1) is 10.1 Å². The van der Waals surface area contributed by atoms with Crippen molar-refractivity contribution in [2.75, 3.05) is 0 Å². The van der Waals surface area contributed by atoms with Gasteiger partial charge in [-0.15, -0.1) is 0 Å². The van der Waals surface area contributed by atoms with E-state index < -0.39 is 10.9 Å². The Bertz CT molecular complexity index is 523. The molecule has 0 aliphatic heterocycles. The standard InChI is InChI=1S/C12H13NO6/c1-7(2)18-12-10(13(16)17)5-4-9(6-14)11(12)19-8(3)15/h4-7H,1-3H3. The van der Waals surface area contributed by atoms with Crippen LogP contribution in [0.2, 0.25) is 0 Å². The van der Waals surface area contributed by atoms with Crippen molar-refractivity contribution in [1.29, 1.82) is 0 Å². The lowest BCUT2D eigenvalue weighted by Gasteiger charge is -2.14. The molecule has 0 heterocycles. The van der Waals surface area contributed by atoms with Gasteiger partial charge in [-0.3, -0.25) is 19.7 Å². The van der Waals surface area contributed by atoms with Crippen LogP contribution in [0.5, 0.6) is 11.5 Å². The average Bonchev–Trinajstić information content (AvgIpc) is 2.29. The summed E-state index contributed by atoms with van der Waals surface area (Å²) in [6.45, 7) is 4.45. The van der Waals surface area contributed by atoms with Gasteiger partial charge in [-0.05, 0) is 19.9 Å². The van der Waals surface area contributed by atoms with Gasteiger partial charge >= 0.3 is 11.7 Å². The highest BCUT2D eigenvalue weighted by Crippen LogP contribution is 2.40. The van der Waals surface area contributed by atoms with Crippen molar-refractivity contribution < 1.29 is 24.0 Å². The first-order chi connectivity index (χ1) is 8.86. The lowest BCUT2D eigenvalue weighted by molar-refractivity contribution is -0.386. The molecule has 1 aromatic rings. The minimum Gasteiger partial charge on any atom is -0.481 e. The van der Waals surface area contributed by atoms with Crippen molar-refractivity contribution in [2.45, 2.75) is 26.9 Å². The molecule has 19 heavy (non-hydrogen) atoms. The average molecular weight is 267 g/mol. The molecule has 0 spiro atoms. The summed E-state index contributed by atoms with van der Waals surface area (Å²) in [6, 6.07) is 2.34. The van der Waals surface area contributed by atoms with Gasteiger partial charge in [-0.25, -0.2) is 0 Å². The van der Waals surface area contributed by atoms with Gasteiger partial charge in [-0.1, -0.05) is 0 Å². The number of carbonyl (C=O) groups excluding carboxylic acids is 2. The zero-order valence-corrected chi connectivity index (χ0v) is 10.7. The van der Waals surface area contributed by atoms with Crippen LogP contribution >= 0.6 is 0 Å². The minimum absolute atomic E-state index is 0.0106. The number of carbonyl (C=O) groups is 2. The first-order valence-electron chi connectivity index (χ1n) is 5.48. The summed E-state index contributed by atoms with van der Waals surface area (Å²) in [4.78, 5) is 32.2. The summed E-state index contributed by atoms with van der Waals surface area (Å²) >= 11 is 0. The molecule has 0 fully saturated rings. The van der Waals surface area contributed by atoms with Crippen molar-refractivity contribution in [3.63, 3.8) is 0 Å². The maximum atomic E-state index is 11.0. The normalized spacial score (nSPS) is 10.1. The Balaban J connectivity index is 3.49. The number of nitro groups is 1. The Morgan fingerprint density at radius 3 is 2.42 bits per heavy atom. The monoisotopic (exact) mass is 267 g/mol. The molecule has 0 N–H and O–H groups in total. The molecule has 102 valence electrons. The molecule has 1 aromatic carbocycles. The van der Waals surface area contributed by atoms with E-state index in [1.165, 1.54) is 6.07 Å². The number of rotatable bonds is 5. The summed E-state index contributed by atoms with van der Waals surface area (Å²) in [6.07, 6.45) is 0.0600. The fraction of sp³-hybridized carbons (Fsp3) is 0.333. The number of hydrogen-bond donors (Lipinski definition) is 0. The molecule has 0 atom stereocenters. The van der Waals surface area contributed by atoms with Gasteiger partial charge in [-0.2, -0.15) is 0 Å². The molecule has 0 radical (unpaired) electrons. The van der Waals surface area contributed by atoms with E-state index in [4.69, 9.17) is 9.47 Å². The molecular weight excluding hydrogens is 254 g/mol. The van der Waals surface area contributed by atoms with Crippen LogP contribution in [-0.4, -0.2) is 23.3 Å². The molecular formula is C12H13NO6. The van der Waals surface area contributed by atoms with E-state index in [0.29, 0.717) is 6.29 Å². The lowest BCUT2D eigenvalue weighted by atomic mass is 10.1. The van der Waals surface area contributed by atoms with Crippen LogP contribution in [0.4, 0.5) is 5.69 Å². The molecule has 0 aromatic heterocycles. The molecule has 0 aliphatic carbocycles. The Morgan fingerprint density at radius 2 is 2.00 bits per heavy atom. The summed E-state index contributed by atoms with van der Waals surface area (Å²) < 4.78 is 10.2. The van der Waals surface area contributed by atoms with E-state index in [2.05, 4.69) is 0 Å². The fourth-order valence-corrected chi connectivity index (χ4v) is 1.40. The first-order valence-corrected chi connectivity index (χ1v) is 5.48. The predicted octanol–water partition coefficient (Wildman–Crippen LogP) is 2.12. The van der Waals surface area contributed by atoms with Gasteiger partial charge in [0.15, 0.2) is 12.0 Å². The van der Waals surface area contributed by atoms with E-state index in [1.807, 2.05) is 0 Å². The zero-order valence-electron chi connectivity index (χ0n) is 10.7. The van der Waals surface area contributed by atoms with E-state index in [-0.39, 0.29) is 28.9 Å². The van der Waals surface area contributed by atoms with Crippen LogP contribution in [0.25, 0.3) is 0 Å². The number of esters is 1.